The molecule has 0 bridgehead atoms. The molecule has 0 aliphatic carbocycles. The van der Waals surface area contributed by atoms with Gasteiger partial charge in [0.1, 0.15) is 11.6 Å². The molecule has 3 aromatic rings. The summed E-state index contributed by atoms with van der Waals surface area (Å²) < 4.78 is 29.3. The van der Waals surface area contributed by atoms with Crippen molar-refractivity contribution in [1.82, 2.24) is 9.78 Å². The van der Waals surface area contributed by atoms with Gasteiger partial charge in [-0.2, -0.15) is 5.10 Å². The van der Waals surface area contributed by atoms with Crippen LogP contribution in [0.5, 0.6) is 0 Å². The van der Waals surface area contributed by atoms with E-state index in [4.69, 9.17) is 5.73 Å². The SMILES string of the molecule is Cn1nc(CC(N)c2c(F)cccc2F)c2ccccc21. The Kier molecular flexibility index (Phi) is 3.43. The molecule has 0 aliphatic heterocycles. The Hall–Kier alpha value is -2.27. The molecule has 1 heterocycles. The van der Waals surface area contributed by atoms with Crippen LogP contribution in [0.1, 0.15) is 17.3 Å². The number of fused-ring (bicyclic) bond motifs is 1. The van der Waals surface area contributed by atoms with E-state index in [0.29, 0.717) is 0 Å². The summed E-state index contributed by atoms with van der Waals surface area (Å²) in [7, 11) is 1.83. The highest BCUT2D eigenvalue weighted by atomic mass is 19.1. The van der Waals surface area contributed by atoms with Crippen molar-refractivity contribution < 1.29 is 8.78 Å². The Morgan fingerprint density at radius 2 is 1.76 bits per heavy atom. The van der Waals surface area contributed by atoms with E-state index in [2.05, 4.69) is 5.10 Å². The second kappa shape index (κ2) is 5.26. The largest absolute Gasteiger partial charge is 0.323 e. The molecule has 1 unspecified atom stereocenters. The van der Waals surface area contributed by atoms with Crippen LogP contribution < -0.4 is 5.73 Å². The van der Waals surface area contributed by atoms with Gasteiger partial charge in [-0.25, -0.2) is 8.78 Å². The molecular weight excluding hydrogens is 272 g/mol. The Labute approximate surface area is 121 Å². The van der Waals surface area contributed by atoms with E-state index in [1.54, 1.807) is 4.68 Å². The molecule has 0 amide bonds. The molecule has 0 spiro atoms. The van der Waals surface area contributed by atoms with Crippen molar-refractivity contribution in [3.8, 4) is 0 Å². The predicted molar refractivity (Wildman–Crippen MR) is 77.7 cm³/mol. The van der Waals surface area contributed by atoms with Gasteiger partial charge in [0.05, 0.1) is 11.2 Å². The van der Waals surface area contributed by atoms with Crippen LogP contribution in [0.2, 0.25) is 0 Å². The summed E-state index contributed by atoms with van der Waals surface area (Å²) >= 11 is 0. The summed E-state index contributed by atoms with van der Waals surface area (Å²) in [5, 5.41) is 5.36. The van der Waals surface area contributed by atoms with Crippen LogP contribution in [-0.2, 0) is 13.5 Å². The molecule has 0 aliphatic rings. The maximum Gasteiger partial charge on any atom is 0.130 e. The van der Waals surface area contributed by atoms with Gasteiger partial charge in [0.25, 0.3) is 0 Å². The number of nitrogens with two attached hydrogens (primary N) is 1. The highest BCUT2D eigenvalue weighted by molar-refractivity contribution is 5.81. The molecule has 1 aromatic heterocycles. The van der Waals surface area contributed by atoms with Gasteiger partial charge in [0.15, 0.2) is 0 Å². The molecule has 5 heteroatoms. The van der Waals surface area contributed by atoms with E-state index < -0.39 is 17.7 Å². The molecule has 2 aromatic carbocycles. The Balaban J connectivity index is 1.99. The fourth-order valence-electron chi connectivity index (χ4n) is 2.61. The molecule has 3 rings (SSSR count). The first-order valence-corrected chi connectivity index (χ1v) is 6.68. The number of benzene rings is 2. The number of aromatic nitrogens is 2. The maximum absolute atomic E-state index is 13.8. The zero-order valence-electron chi connectivity index (χ0n) is 11.6. The first-order chi connectivity index (χ1) is 10.1. The Morgan fingerprint density at radius 3 is 2.48 bits per heavy atom. The highest BCUT2D eigenvalue weighted by Crippen LogP contribution is 2.25. The molecule has 0 fully saturated rings. The molecule has 21 heavy (non-hydrogen) atoms. The zero-order valence-corrected chi connectivity index (χ0v) is 11.6. The average molecular weight is 287 g/mol. The number of aryl methyl sites for hydroxylation is 1. The molecule has 2 N–H and O–H groups in total. The van der Waals surface area contributed by atoms with Gasteiger partial charge >= 0.3 is 0 Å². The summed E-state index contributed by atoms with van der Waals surface area (Å²) in [6.07, 6.45) is 0.277. The lowest BCUT2D eigenvalue weighted by Crippen LogP contribution is -2.17. The minimum Gasteiger partial charge on any atom is -0.323 e. The van der Waals surface area contributed by atoms with Crippen LogP contribution in [0.15, 0.2) is 42.5 Å². The molecule has 3 nitrogen and oxygen atoms in total. The van der Waals surface area contributed by atoms with E-state index in [1.807, 2.05) is 31.3 Å². The summed E-state index contributed by atoms with van der Waals surface area (Å²) in [5.41, 5.74) is 7.61. The lowest BCUT2D eigenvalue weighted by Gasteiger charge is -2.12. The van der Waals surface area contributed by atoms with Crippen LogP contribution in [0, 0.1) is 11.6 Å². The fourth-order valence-corrected chi connectivity index (χ4v) is 2.61. The van der Waals surface area contributed by atoms with Crippen molar-refractivity contribution in [2.45, 2.75) is 12.5 Å². The molecule has 0 radical (unpaired) electrons. The minimum absolute atomic E-state index is 0.0905. The smallest absolute Gasteiger partial charge is 0.130 e. The first kappa shape index (κ1) is 13.7. The van der Waals surface area contributed by atoms with Gasteiger partial charge in [-0.1, -0.05) is 24.3 Å². The van der Waals surface area contributed by atoms with Crippen molar-refractivity contribution in [2.24, 2.45) is 12.8 Å². The summed E-state index contributed by atoms with van der Waals surface area (Å²) in [4.78, 5) is 0. The van der Waals surface area contributed by atoms with E-state index in [9.17, 15) is 8.78 Å². The lowest BCUT2D eigenvalue weighted by atomic mass is 10.00. The number of hydrogen-bond donors (Lipinski definition) is 1. The maximum atomic E-state index is 13.8. The quantitative estimate of drug-likeness (QED) is 0.804. The molecule has 0 saturated carbocycles. The van der Waals surface area contributed by atoms with E-state index in [0.717, 1.165) is 16.6 Å². The topological polar surface area (TPSA) is 43.8 Å². The average Bonchev–Trinajstić information content (AvgIpc) is 2.76. The van der Waals surface area contributed by atoms with Gasteiger partial charge in [0.2, 0.25) is 0 Å². The standard InChI is InChI=1S/C16H15F2N3/c1-21-15-8-3-2-5-10(15)14(20-21)9-13(19)16-11(17)6-4-7-12(16)18/h2-8,13H,9,19H2,1H3. The van der Waals surface area contributed by atoms with Crippen molar-refractivity contribution >= 4 is 10.9 Å². The molecule has 0 saturated heterocycles. The second-order valence-electron chi connectivity index (χ2n) is 5.03. The van der Waals surface area contributed by atoms with Crippen LogP contribution in [0.25, 0.3) is 10.9 Å². The van der Waals surface area contributed by atoms with Gasteiger partial charge < -0.3 is 5.73 Å². The van der Waals surface area contributed by atoms with Crippen LogP contribution in [-0.4, -0.2) is 9.78 Å². The summed E-state index contributed by atoms with van der Waals surface area (Å²) in [5.74, 6) is -1.24. The predicted octanol–water partition coefficient (Wildman–Crippen LogP) is 3.09. The van der Waals surface area contributed by atoms with E-state index in [-0.39, 0.29) is 12.0 Å². The first-order valence-electron chi connectivity index (χ1n) is 6.68. The molecular formula is C16H15F2N3. The highest BCUT2D eigenvalue weighted by Gasteiger charge is 2.19. The van der Waals surface area contributed by atoms with Gasteiger partial charge in [-0.15, -0.1) is 0 Å². The molecule has 108 valence electrons. The number of hydrogen-bond acceptors (Lipinski definition) is 2. The van der Waals surface area contributed by atoms with Crippen LogP contribution in [0.4, 0.5) is 8.78 Å². The van der Waals surface area contributed by atoms with Crippen molar-refractivity contribution in [3.05, 3.63) is 65.4 Å². The molecule has 1 atom stereocenters. The monoisotopic (exact) mass is 287 g/mol. The Bertz CT molecular complexity index is 775. The summed E-state index contributed by atoms with van der Waals surface area (Å²) in [6.45, 7) is 0. The zero-order chi connectivity index (χ0) is 15.0. The Morgan fingerprint density at radius 1 is 1.10 bits per heavy atom. The van der Waals surface area contributed by atoms with Crippen LogP contribution >= 0.6 is 0 Å². The number of halogens is 2. The number of para-hydroxylation sites is 1. The van der Waals surface area contributed by atoms with Crippen molar-refractivity contribution in [1.29, 1.82) is 0 Å². The second-order valence-corrected chi connectivity index (χ2v) is 5.03. The van der Waals surface area contributed by atoms with Crippen LogP contribution in [0.3, 0.4) is 0 Å². The van der Waals surface area contributed by atoms with Gasteiger partial charge in [-0.05, 0) is 18.2 Å². The van der Waals surface area contributed by atoms with Gasteiger partial charge in [-0.3, -0.25) is 4.68 Å². The summed E-state index contributed by atoms with van der Waals surface area (Å²) in [6, 6.07) is 10.7. The number of nitrogens with zero attached hydrogens (tertiary/aromatic N) is 2. The van der Waals surface area contributed by atoms with Crippen molar-refractivity contribution in [3.63, 3.8) is 0 Å². The lowest BCUT2D eigenvalue weighted by molar-refractivity contribution is 0.522. The number of rotatable bonds is 3. The third-order valence-electron chi connectivity index (χ3n) is 3.62. The fraction of sp³-hybridized carbons (Fsp3) is 0.188. The van der Waals surface area contributed by atoms with Crippen molar-refractivity contribution in [2.75, 3.05) is 0 Å². The third-order valence-corrected chi connectivity index (χ3v) is 3.62. The van der Waals surface area contributed by atoms with Gasteiger partial charge in [0, 0.05) is 30.5 Å². The minimum atomic E-state index is -0.774. The van der Waals surface area contributed by atoms with E-state index >= 15 is 0 Å². The van der Waals surface area contributed by atoms with E-state index in [1.165, 1.54) is 18.2 Å². The third kappa shape index (κ3) is 2.40. The normalized spacial score (nSPS) is 12.8.